The van der Waals surface area contributed by atoms with Crippen molar-refractivity contribution in [1.82, 2.24) is 5.32 Å². The third kappa shape index (κ3) is 8.07. The van der Waals surface area contributed by atoms with Gasteiger partial charge in [-0.15, -0.1) is 0 Å². The lowest BCUT2D eigenvalue weighted by atomic mass is 9.95. The first kappa shape index (κ1) is 13.4. The summed E-state index contributed by atoms with van der Waals surface area (Å²) < 4.78 is 0. The smallest absolute Gasteiger partial charge is 0.0635 e. The summed E-state index contributed by atoms with van der Waals surface area (Å²) in [5, 5.41) is 11.9. The van der Waals surface area contributed by atoms with Crippen LogP contribution in [-0.4, -0.2) is 12.6 Å². The minimum Gasteiger partial charge on any atom is -0.313 e. The number of hydrogen-bond acceptors (Lipinski definition) is 2. The minimum absolute atomic E-state index is 0.586. The molecule has 0 saturated heterocycles. The topological polar surface area (TPSA) is 35.8 Å². The molecule has 0 aromatic rings. The molecule has 2 heteroatoms. The van der Waals surface area contributed by atoms with Crippen molar-refractivity contribution in [3.05, 3.63) is 0 Å². The largest absolute Gasteiger partial charge is 0.313 e. The fourth-order valence-corrected chi connectivity index (χ4v) is 1.73. The fourth-order valence-electron chi connectivity index (χ4n) is 1.73. The second-order valence-electron chi connectivity index (χ2n) is 4.82. The van der Waals surface area contributed by atoms with E-state index in [0.717, 1.165) is 18.4 Å². The van der Waals surface area contributed by atoms with Crippen LogP contribution in [0.2, 0.25) is 0 Å². The molecular formula is C12H24N2. The molecule has 0 aliphatic rings. The Bertz CT molecular complexity index is 158. The summed E-state index contributed by atoms with van der Waals surface area (Å²) in [6.45, 7) is 9.83. The van der Waals surface area contributed by atoms with Crippen molar-refractivity contribution in [2.75, 3.05) is 6.54 Å². The van der Waals surface area contributed by atoms with Crippen LogP contribution in [0.15, 0.2) is 0 Å². The van der Waals surface area contributed by atoms with Gasteiger partial charge in [0.15, 0.2) is 0 Å². The van der Waals surface area contributed by atoms with Gasteiger partial charge in [-0.1, -0.05) is 27.7 Å². The molecule has 0 saturated carbocycles. The van der Waals surface area contributed by atoms with E-state index < -0.39 is 0 Å². The Labute approximate surface area is 88.7 Å². The van der Waals surface area contributed by atoms with Gasteiger partial charge < -0.3 is 5.32 Å². The lowest BCUT2D eigenvalue weighted by molar-refractivity contribution is 0.362. The molecule has 0 radical (unpaired) electrons. The average Bonchev–Trinajstić information content (AvgIpc) is 2.02. The summed E-state index contributed by atoms with van der Waals surface area (Å²) in [5.74, 6) is 1.46. The number of nitrogens with zero attached hydrogens (tertiary/aromatic N) is 1. The molecular weight excluding hydrogens is 172 g/mol. The molecule has 0 unspecified atom stereocenters. The summed E-state index contributed by atoms with van der Waals surface area (Å²) in [6, 6.07) is 2.75. The van der Waals surface area contributed by atoms with E-state index in [1.54, 1.807) is 0 Å². The molecule has 14 heavy (non-hydrogen) atoms. The van der Waals surface area contributed by atoms with Gasteiger partial charge in [0, 0.05) is 19.0 Å². The van der Waals surface area contributed by atoms with Crippen molar-refractivity contribution in [2.24, 2.45) is 11.8 Å². The van der Waals surface area contributed by atoms with Gasteiger partial charge in [-0.25, -0.2) is 0 Å². The zero-order valence-electron chi connectivity index (χ0n) is 10.0. The number of nitrogens with one attached hydrogen (secondary N) is 1. The van der Waals surface area contributed by atoms with Crippen LogP contribution < -0.4 is 5.32 Å². The standard InChI is InChI=1S/C12H24N2/c1-10(2)8-12(9-11(3)4)14-7-5-6-13/h10-12,14H,5,7-9H2,1-4H3. The number of hydrogen-bond donors (Lipinski definition) is 1. The highest BCUT2D eigenvalue weighted by molar-refractivity contribution is 4.75. The Morgan fingerprint density at radius 1 is 1.07 bits per heavy atom. The van der Waals surface area contributed by atoms with Gasteiger partial charge in [0.1, 0.15) is 0 Å². The van der Waals surface area contributed by atoms with E-state index in [-0.39, 0.29) is 0 Å². The molecule has 0 aromatic carbocycles. The van der Waals surface area contributed by atoms with Crippen molar-refractivity contribution in [3.8, 4) is 6.07 Å². The number of rotatable bonds is 7. The molecule has 0 spiro atoms. The van der Waals surface area contributed by atoms with Crippen molar-refractivity contribution >= 4 is 0 Å². The second kappa shape index (κ2) is 7.82. The van der Waals surface area contributed by atoms with Crippen LogP contribution in [0.1, 0.15) is 47.0 Å². The monoisotopic (exact) mass is 196 g/mol. The van der Waals surface area contributed by atoms with Crippen LogP contribution in [0.3, 0.4) is 0 Å². The Morgan fingerprint density at radius 3 is 1.93 bits per heavy atom. The molecule has 0 heterocycles. The molecule has 0 rings (SSSR count). The Hall–Kier alpha value is -0.550. The van der Waals surface area contributed by atoms with Crippen molar-refractivity contribution < 1.29 is 0 Å². The molecule has 0 aliphatic carbocycles. The summed E-state index contributed by atoms with van der Waals surface area (Å²) in [6.07, 6.45) is 3.04. The minimum atomic E-state index is 0.586. The maximum Gasteiger partial charge on any atom is 0.0635 e. The summed E-state index contributed by atoms with van der Waals surface area (Å²) >= 11 is 0. The molecule has 82 valence electrons. The van der Waals surface area contributed by atoms with E-state index in [1.807, 2.05) is 0 Å². The Morgan fingerprint density at radius 2 is 1.57 bits per heavy atom. The summed E-state index contributed by atoms with van der Waals surface area (Å²) in [4.78, 5) is 0. The molecule has 2 nitrogen and oxygen atoms in total. The average molecular weight is 196 g/mol. The quantitative estimate of drug-likeness (QED) is 0.635. The number of nitriles is 1. The van der Waals surface area contributed by atoms with E-state index in [1.165, 1.54) is 12.8 Å². The Balaban J connectivity index is 3.79. The van der Waals surface area contributed by atoms with Gasteiger partial charge >= 0.3 is 0 Å². The van der Waals surface area contributed by atoms with Crippen LogP contribution >= 0.6 is 0 Å². The summed E-state index contributed by atoms with van der Waals surface area (Å²) in [7, 11) is 0. The predicted octanol–water partition coefficient (Wildman–Crippen LogP) is 2.95. The highest BCUT2D eigenvalue weighted by Crippen LogP contribution is 2.13. The van der Waals surface area contributed by atoms with E-state index in [4.69, 9.17) is 5.26 Å². The van der Waals surface area contributed by atoms with Gasteiger partial charge in [0.05, 0.1) is 6.07 Å². The first-order valence-corrected chi connectivity index (χ1v) is 5.66. The maximum absolute atomic E-state index is 8.45. The third-order valence-corrected chi connectivity index (χ3v) is 2.18. The van der Waals surface area contributed by atoms with Crippen molar-refractivity contribution in [3.63, 3.8) is 0 Å². The van der Waals surface area contributed by atoms with Gasteiger partial charge in [-0.3, -0.25) is 0 Å². The molecule has 0 aliphatic heterocycles. The van der Waals surface area contributed by atoms with Crippen LogP contribution in [-0.2, 0) is 0 Å². The lowest BCUT2D eigenvalue weighted by Crippen LogP contribution is -2.32. The molecule has 0 amide bonds. The zero-order chi connectivity index (χ0) is 11.0. The van der Waals surface area contributed by atoms with Crippen LogP contribution in [0.5, 0.6) is 0 Å². The molecule has 0 aromatic heterocycles. The maximum atomic E-state index is 8.45. The van der Waals surface area contributed by atoms with Gasteiger partial charge in [0.2, 0.25) is 0 Å². The molecule has 0 atom stereocenters. The van der Waals surface area contributed by atoms with E-state index in [2.05, 4.69) is 39.1 Å². The van der Waals surface area contributed by atoms with Gasteiger partial charge in [-0.2, -0.15) is 5.26 Å². The van der Waals surface area contributed by atoms with Crippen LogP contribution in [0, 0.1) is 23.2 Å². The van der Waals surface area contributed by atoms with E-state index >= 15 is 0 Å². The first-order chi connectivity index (χ1) is 6.56. The molecule has 0 fully saturated rings. The first-order valence-electron chi connectivity index (χ1n) is 5.66. The molecule has 0 bridgehead atoms. The lowest BCUT2D eigenvalue weighted by Gasteiger charge is -2.21. The van der Waals surface area contributed by atoms with Crippen LogP contribution in [0.25, 0.3) is 0 Å². The van der Waals surface area contributed by atoms with Gasteiger partial charge in [-0.05, 0) is 24.7 Å². The highest BCUT2D eigenvalue weighted by atomic mass is 14.9. The SMILES string of the molecule is CC(C)CC(CC(C)C)NCCC#N. The van der Waals surface area contributed by atoms with Crippen molar-refractivity contribution in [1.29, 1.82) is 5.26 Å². The fraction of sp³-hybridized carbons (Fsp3) is 0.917. The van der Waals surface area contributed by atoms with Crippen LogP contribution in [0.4, 0.5) is 0 Å². The van der Waals surface area contributed by atoms with Gasteiger partial charge in [0.25, 0.3) is 0 Å². The molecule has 1 N–H and O–H groups in total. The zero-order valence-corrected chi connectivity index (χ0v) is 10.0. The highest BCUT2D eigenvalue weighted by Gasteiger charge is 2.11. The van der Waals surface area contributed by atoms with Crippen molar-refractivity contribution in [2.45, 2.75) is 53.0 Å². The third-order valence-electron chi connectivity index (χ3n) is 2.18. The summed E-state index contributed by atoms with van der Waals surface area (Å²) in [5.41, 5.74) is 0. The normalized spacial score (nSPS) is 11.3. The second-order valence-corrected chi connectivity index (χ2v) is 4.82. The predicted molar refractivity (Wildman–Crippen MR) is 60.9 cm³/mol. The van der Waals surface area contributed by atoms with E-state index in [9.17, 15) is 0 Å². The Kier molecular flexibility index (Phi) is 7.51. The van der Waals surface area contributed by atoms with E-state index in [0.29, 0.717) is 12.5 Å².